The molecule has 0 amide bonds. The number of aromatic nitrogens is 2. The maximum Gasteiger partial charge on any atom is 0.225 e. The van der Waals surface area contributed by atoms with Crippen molar-refractivity contribution in [3.63, 3.8) is 0 Å². The molecule has 2 aliphatic rings. The first kappa shape index (κ1) is 19.3. The summed E-state index contributed by atoms with van der Waals surface area (Å²) in [6, 6.07) is 12.3. The Hall–Kier alpha value is -1.98. The van der Waals surface area contributed by atoms with Crippen molar-refractivity contribution in [3.05, 3.63) is 53.3 Å². The molecule has 1 fully saturated rings. The van der Waals surface area contributed by atoms with Gasteiger partial charge in [0.2, 0.25) is 5.95 Å². The van der Waals surface area contributed by atoms with Gasteiger partial charge >= 0.3 is 0 Å². The molecule has 0 radical (unpaired) electrons. The third kappa shape index (κ3) is 4.36. The second-order valence-electron chi connectivity index (χ2n) is 8.62. The Bertz CT molecular complexity index is 768. The van der Waals surface area contributed by atoms with E-state index in [4.69, 9.17) is 4.98 Å². The van der Waals surface area contributed by atoms with Crippen LogP contribution < -0.4 is 4.90 Å². The standard InChI is InChI=1S/C23H33N5/c1-26(2)23-24-15-19-17-28(14-13-22(19)25-23)21-11-9-20(10-12-21)27(3)16-18-7-5-4-6-8-18/h4-8,15,20-21H,9-14,16-17H2,1-3H3. The number of nitrogens with zero attached hydrogens (tertiary/aromatic N) is 5. The summed E-state index contributed by atoms with van der Waals surface area (Å²) in [5.41, 5.74) is 3.98. The number of hydrogen-bond donors (Lipinski definition) is 0. The van der Waals surface area contributed by atoms with E-state index in [1.54, 1.807) is 0 Å². The molecule has 0 N–H and O–H groups in total. The first-order valence-corrected chi connectivity index (χ1v) is 10.6. The minimum Gasteiger partial charge on any atom is -0.347 e. The summed E-state index contributed by atoms with van der Waals surface area (Å²) in [7, 11) is 6.29. The fourth-order valence-electron chi connectivity index (χ4n) is 4.72. The van der Waals surface area contributed by atoms with Crippen LogP contribution in [0.1, 0.15) is 42.5 Å². The molecule has 1 aromatic carbocycles. The lowest BCUT2D eigenvalue weighted by molar-refractivity contribution is 0.0953. The van der Waals surface area contributed by atoms with Crippen molar-refractivity contribution in [2.75, 3.05) is 32.6 Å². The molecular formula is C23H33N5. The highest BCUT2D eigenvalue weighted by atomic mass is 15.2. The van der Waals surface area contributed by atoms with E-state index in [0.29, 0.717) is 12.1 Å². The number of benzene rings is 1. The Morgan fingerprint density at radius 3 is 2.50 bits per heavy atom. The van der Waals surface area contributed by atoms with Gasteiger partial charge in [0.1, 0.15) is 0 Å². The van der Waals surface area contributed by atoms with Crippen LogP contribution in [0.25, 0.3) is 0 Å². The van der Waals surface area contributed by atoms with Crippen LogP contribution in [0.3, 0.4) is 0 Å². The normalized spacial score (nSPS) is 22.9. The van der Waals surface area contributed by atoms with Gasteiger partial charge in [0.05, 0.1) is 5.69 Å². The monoisotopic (exact) mass is 379 g/mol. The van der Waals surface area contributed by atoms with Crippen molar-refractivity contribution in [1.29, 1.82) is 0 Å². The first-order chi connectivity index (χ1) is 13.6. The van der Waals surface area contributed by atoms with Gasteiger partial charge in [0.15, 0.2) is 0 Å². The van der Waals surface area contributed by atoms with Gasteiger partial charge in [-0.2, -0.15) is 0 Å². The molecule has 2 heterocycles. The van der Waals surface area contributed by atoms with Crippen molar-refractivity contribution in [2.24, 2.45) is 0 Å². The van der Waals surface area contributed by atoms with Gasteiger partial charge in [-0.3, -0.25) is 9.80 Å². The summed E-state index contributed by atoms with van der Waals surface area (Å²) >= 11 is 0. The third-order valence-electron chi connectivity index (χ3n) is 6.43. The first-order valence-electron chi connectivity index (χ1n) is 10.6. The molecule has 0 atom stereocenters. The van der Waals surface area contributed by atoms with Crippen LogP contribution in [-0.2, 0) is 19.5 Å². The fraction of sp³-hybridized carbons (Fsp3) is 0.565. The summed E-state index contributed by atoms with van der Waals surface area (Å²) in [6.07, 6.45) is 8.29. The largest absolute Gasteiger partial charge is 0.347 e. The summed E-state index contributed by atoms with van der Waals surface area (Å²) in [4.78, 5) is 16.5. The van der Waals surface area contributed by atoms with Gasteiger partial charge < -0.3 is 4.90 Å². The molecule has 1 aliphatic carbocycles. The average molecular weight is 380 g/mol. The van der Waals surface area contributed by atoms with Crippen LogP contribution in [0.2, 0.25) is 0 Å². The Kier molecular flexibility index (Phi) is 5.93. The Morgan fingerprint density at radius 1 is 1.04 bits per heavy atom. The molecule has 0 unspecified atom stereocenters. The minimum absolute atomic E-state index is 0.708. The summed E-state index contributed by atoms with van der Waals surface area (Å²) in [5, 5.41) is 0. The molecule has 4 rings (SSSR count). The predicted octanol–water partition coefficient (Wildman–Crippen LogP) is 3.34. The van der Waals surface area contributed by atoms with Crippen LogP contribution in [0, 0.1) is 0 Å². The highest BCUT2D eigenvalue weighted by molar-refractivity contribution is 5.32. The van der Waals surface area contributed by atoms with Crippen molar-refractivity contribution in [3.8, 4) is 0 Å². The Labute approximate surface area is 169 Å². The molecular weight excluding hydrogens is 346 g/mol. The molecule has 5 nitrogen and oxygen atoms in total. The Morgan fingerprint density at radius 2 is 1.79 bits per heavy atom. The molecule has 0 saturated heterocycles. The lowest BCUT2D eigenvalue weighted by Crippen LogP contribution is -2.44. The van der Waals surface area contributed by atoms with Gasteiger partial charge in [0, 0.05) is 64.0 Å². The van der Waals surface area contributed by atoms with Gasteiger partial charge in [-0.15, -0.1) is 0 Å². The van der Waals surface area contributed by atoms with E-state index in [2.05, 4.69) is 52.2 Å². The third-order valence-corrected chi connectivity index (χ3v) is 6.43. The zero-order valence-corrected chi connectivity index (χ0v) is 17.5. The zero-order chi connectivity index (χ0) is 19.5. The highest BCUT2D eigenvalue weighted by Gasteiger charge is 2.30. The average Bonchev–Trinajstić information content (AvgIpc) is 2.73. The fourth-order valence-corrected chi connectivity index (χ4v) is 4.72. The van der Waals surface area contributed by atoms with E-state index in [1.807, 2.05) is 25.2 Å². The molecule has 5 heteroatoms. The number of anilines is 1. The topological polar surface area (TPSA) is 35.5 Å². The van der Waals surface area contributed by atoms with Crippen LogP contribution in [0.5, 0.6) is 0 Å². The number of hydrogen-bond acceptors (Lipinski definition) is 5. The van der Waals surface area contributed by atoms with Crippen molar-refractivity contribution < 1.29 is 0 Å². The molecule has 0 bridgehead atoms. The maximum atomic E-state index is 4.75. The molecule has 1 aliphatic heterocycles. The van der Waals surface area contributed by atoms with Crippen LogP contribution in [-0.4, -0.2) is 59.5 Å². The number of fused-ring (bicyclic) bond motifs is 1. The zero-order valence-electron chi connectivity index (χ0n) is 17.5. The molecule has 1 aromatic heterocycles. The minimum atomic E-state index is 0.708. The molecule has 2 aromatic rings. The van der Waals surface area contributed by atoms with Gasteiger partial charge in [0.25, 0.3) is 0 Å². The molecule has 28 heavy (non-hydrogen) atoms. The lowest BCUT2D eigenvalue weighted by Gasteiger charge is -2.41. The Balaban J connectivity index is 1.31. The predicted molar refractivity (Wildman–Crippen MR) is 114 cm³/mol. The number of rotatable bonds is 5. The van der Waals surface area contributed by atoms with E-state index in [-0.39, 0.29) is 0 Å². The van der Waals surface area contributed by atoms with Crippen molar-refractivity contribution in [2.45, 2.75) is 57.3 Å². The summed E-state index contributed by atoms with van der Waals surface area (Å²) in [5.74, 6) is 0.828. The van der Waals surface area contributed by atoms with Crippen LogP contribution >= 0.6 is 0 Å². The van der Waals surface area contributed by atoms with E-state index in [0.717, 1.165) is 32.0 Å². The maximum absolute atomic E-state index is 4.75. The van der Waals surface area contributed by atoms with E-state index < -0.39 is 0 Å². The molecule has 1 saturated carbocycles. The van der Waals surface area contributed by atoms with Crippen LogP contribution in [0.4, 0.5) is 5.95 Å². The van der Waals surface area contributed by atoms with Crippen LogP contribution in [0.15, 0.2) is 36.5 Å². The quantitative estimate of drug-likeness (QED) is 0.796. The van der Waals surface area contributed by atoms with Crippen molar-refractivity contribution in [1.82, 2.24) is 19.8 Å². The summed E-state index contributed by atoms with van der Waals surface area (Å²) < 4.78 is 0. The lowest BCUT2D eigenvalue weighted by atomic mass is 9.88. The van der Waals surface area contributed by atoms with Crippen molar-refractivity contribution >= 4 is 5.95 Å². The van der Waals surface area contributed by atoms with Gasteiger partial charge in [-0.1, -0.05) is 30.3 Å². The SMILES string of the molecule is CN(C)c1ncc2c(n1)CCN(C1CCC(N(C)Cc3ccccc3)CC1)C2. The van der Waals surface area contributed by atoms with E-state index >= 15 is 0 Å². The van der Waals surface area contributed by atoms with E-state index in [1.165, 1.54) is 42.5 Å². The molecule has 0 spiro atoms. The smallest absolute Gasteiger partial charge is 0.225 e. The molecule has 150 valence electrons. The summed E-state index contributed by atoms with van der Waals surface area (Å²) in [6.45, 7) is 3.20. The second-order valence-corrected chi connectivity index (χ2v) is 8.62. The van der Waals surface area contributed by atoms with E-state index in [9.17, 15) is 0 Å². The van der Waals surface area contributed by atoms with Gasteiger partial charge in [-0.05, 0) is 38.3 Å². The highest BCUT2D eigenvalue weighted by Crippen LogP contribution is 2.30. The van der Waals surface area contributed by atoms with Gasteiger partial charge in [-0.25, -0.2) is 9.97 Å². The second kappa shape index (κ2) is 8.58.